The molecular weight excluding hydrogens is 486 g/mol. The van der Waals surface area contributed by atoms with E-state index in [2.05, 4.69) is 28.4 Å². The predicted octanol–water partition coefficient (Wildman–Crippen LogP) is 4.11. The Bertz CT molecular complexity index is 1260. The van der Waals surface area contributed by atoms with Crippen LogP contribution in [0.3, 0.4) is 0 Å². The van der Waals surface area contributed by atoms with E-state index in [0.717, 1.165) is 30.2 Å². The van der Waals surface area contributed by atoms with E-state index in [0.29, 0.717) is 23.0 Å². The van der Waals surface area contributed by atoms with Gasteiger partial charge in [-0.15, -0.1) is 0 Å². The van der Waals surface area contributed by atoms with Gasteiger partial charge in [-0.3, -0.25) is 9.10 Å². The van der Waals surface area contributed by atoms with Crippen molar-refractivity contribution in [2.75, 3.05) is 42.5 Å². The molecular formula is C26H28ClN3O4S. The number of nitrogens with one attached hydrogen (secondary N) is 1. The Balaban J connectivity index is 1.41. The fourth-order valence-corrected chi connectivity index (χ4v) is 5.67. The van der Waals surface area contributed by atoms with Crippen LogP contribution < -0.4 is 19.3 Å². The van der Waals surface area contributed by atoms with Crippen LogP contribution in [0.25, 0.3) is 0 Å². The van der Waals surface area contributed by atoms with Crippen molar-refractivity contribution >= 4 is 38.9 Å². The Morgan fingerprint density at radius 1 is 1.06 bits per heavy atom. The summed E-state index contributed by atoms with van der Waals surface area (Å²) in [6.07, 6.45) is 1.79. The molecule has 0 atom stereocenters. The van der Waals surface area contributed by atoms with E-state index in [-0.39, 0.29) is 17.3 Å². The van der Waals surface area contributed by atoms with Crippen LogP contribution in [0.15, 0.2) is 77.7 Å². The monoisotopic (exact) mass is 513 g/mol. The number of anilines is 2. The molecule has 3 aromatic carbocycles. The number of methoxy groups -OCH3 is 1. The molecule has 0 fully saturated rings. The number of carbonyl (C=O) groups excluding carboxylic acids is 1. The Morgan fingerprint density at radius 2 is 1.77 bits per heavy atom. The maximum Gasteiger partial charge on any atom is 0.264 e. The molecule has 1 heterocycles. The molecule has 0 radical (unpaired) electrons. The number of carbonyl (C=O) groups is 1. The lowest BCUT2D eigenvalue weighted by Crippen LogP contribution is -2.41. The normalized spacial score (nSPS) is 12.8. The van der Waals surface area contributed by atoms with Gasteiger partial charge < -0.3 is 15.0 Å². The van der Waals surface area contributed by atoms with Crippen LogP contribution in [-0.4, -0.2) is 47.6 Å². The molecule has 0 aliphatic carbocycles. The van der Waals surface area contributed by atoms with Crippen molar-refractivity contribution in [3.63, 3.8) is 0 Å². The minimum atomic E-state index is -4.00. The second-order valence-electron chi connectivity index (χ2n) is 8.23. The maximum absolute atomic E-state index is 13.4. The minimum Gasteiger partial charge on any atom is -0.497 e. The number of rotatable bonds is 10. The summed E-state index contributed by atoms with van der Waals surface area (Å²) in [5.74, 6) is 0.166. The smallest absolute Gasteiger partial charge is 0.264 e. The van der Waals surface area contributed by atoms with Gasteiger partial charge in [-0.1, -0.05) is 29.8 Å². The van der Waals surface area contributed by atoms with Gasteiger partial charge in [0.15, 0.2) is 0 Å². The molecule has 1 amide bonds. The molecule has 0 saturated heterocycles. The zero-order valence-electron chi connectivity index (χ0n) is 19.5. The third kappa shape index (κ3) is 5.89. The second kappa shape index (κ2) is 11.0. The van der Waals surface area contributed by atoms with Crippen molar-refractivity contribution in [3.05, 3.63) is 83.4 Å². The van der Waals surface area contributed by atoms with Crippen LogP contribution in [0.2, 0.25) is 5.02 Å². The molecule has 184 valence electrons. The third-order valence-corrected chi connectivity index (χ3v) is 8.00. The fourth-order valence-electron chi connectivity index (χ4n) is 4.12. The minimum absolute atomic E-state index is 0.0637. The lowest BCUT2D eigenvalue weighted by Gasteiger charge is -2.24. The molecule has 7 nitrogen and oxygen atoms in total. The van der Waals surface area contributed by atoms with E-state index in [9.17, 15) is 13.2 Å². The van der Waals surface area contributed by atoms with Gasteiger partial charge in [0.05, 0.1) is 17.7 Å². The van der Waals surface area contributed by atoms with Gasteiger partial charge in [0.1, 0.15) is 12.3 Å². The number of amides is 1. The van der Waals surface area contributed by atoms with Crippen molar-refractivity contribution in [1.82, 2.24) is 5.32 Å². The van der Waals surface area contributed by atoms with Gasteiger partial charge in [0.25, 0.3) is 10.0 Å². The largest absolute Gasteiger partial charge is 0.497 e. The highest BCUT2D eigenvalue weighted by atomic mass is 35.5. The van der Waals surface area contributed by atoms with Crippen molar-refractivity contribution in [2.24, 2.45) is 0 Å². The van der Waals surface area contributed by atoms with Crippen LogP contribution in [-0.2, 0) is 21.2 Å². The summed E-state index contributed by atoms with van der Waals surface area (Å²) < 4.78 is 33.1. The van der Waals surface area contributed by atoms with E-state index in [1.165, 1.54) is 30.5 Å². The van der Waals surface area contributed by atoms with Crippen molar-refractivity contribution in [3.8, 4) is 5.75 Å². The highest BCUT2D eigenvalue weighted by molar-refractivity contribution is 7.92. The van der Waals surface area contributed by atoms with Gasteiger partial charge in [-0.25, -0.2) is 8.42 Å². The maximum atomic E-state index is 13.4. The molecule has 0 unspecified atom stereocenters. The molecule has 3 aromatic rings. The van der Waals surface area contributed by atoms with E-state index in [1.54, 1.807) is 36.4 Å². The van der Waals surface area contributed by atoms with E-state index in [4.69, 9.17) is 16.3 Å². The number of sulfonamides is 1. The van der Waals surface area contributed by atoms with Gasteiger partial charge >= 0.3 is 0 Å². The molecule has 1 aliphatic rings. The van der Waals surface area contributed by atoms with Crippen LogP contribution in [0.4, 0.5) is 11.4 Å². The molecule has 4 rings (SSSR count). The summed E-state index contributed by atoms with van der Waals surface area (Å²) in [5, 5.41) is 3.34. The standard InChI is InChI=1S/C26H28ClN3O4S/c1-34-23-11-13-24(14-12-23)35(32,33)30(22-9-7-21(27)8-10-22)19-26(31)28-16-4-17-29-18-15-20-5-2-3-6-25(20)29/h2-3,5-14H,4,15-19H2,1H3,(H,28,31). The van der Waals surface area contributed by atoms with E-state index < -0.39 is 10.0 Å². The zero-order valence-corrected chi connectivity index (χ0v) is 21.1. The molecule has 1 N–H and O–H groups in total. The number of fused-ring (bicyclic) bond motifs is 1. The first kappa shape index (κ1) is 24.9. The summed E-state index contributed by atoms with van der Waals surface area (Å²) in [6.45, 7) is 1.90. The van der Waals surface area contributed by atoms with Gasteiger partial charge in [-0.2, -0.15) is 0 Å². The average molecular weight is 514 g/mol. The van der Waals surface area contributed by atoms with Gasteiger partial charge in [0, 0.05) is 30.3 Å². The number of hydrogen-bond donors (Lipinski definition) is 1. The Kier molecular flexibility index (Phi) is 7.83. The first-order chi connectivity index (χ1) is 16.9. The van der Waals surface area contributed by atoms with E-state index >= 15 is 0 Å². The first-order valence-corrected chi connectivity index (χ1v) is 13.2. The van der Waals surface area contributed by atoms with Crippen LogP contribution in [0.1, 0.15) is 12.0 Å². The summed E-state index contributed by atoms with van der Waals surface area (Å²) >= 11 is 5.99. The number of halogens is 1. The Labute approximate surface area is 211 Å². The summed E-state index contributed by atoms with van der Waals surface area (Å²) in [4.78, 5) is 15.2. The SMILES string of the molecule is COc1ccc(S(=O)(=O)N(CC(=O)NCCCN2CCc3ccccc32)c2ccc(Cl)cc2)cc1. The van der Waals surface area contributed by atoms with E-state index in [1.807, 2.05) is 6.07 Å². The van der Waals surface area contributed by atoms with Crippen molar-refractivity contribution in [2.45, 2.75) is 17.7 Å². The number of nitrogens with zero attached hydrogens (tertiary/aromatic N) is 2. The molecule has 1 aliphatic heterocycles. The summed E-state index contributed by atoms with van der Waals surface area (Å²) in [5.41, 5.74) is 2.95. The molecule has 35 heavy (non-hydrogen) atoms. The molecule has 0 aromatic heterocycles. The van der Waals surface area contributed by atoms with Gasteiger partial charge in [-0.05, 0) is 73.0 Å². The summed E-state index contributed by atoms with van der Waals surface area (Å²) in [6, 6.07) is 20.8. The number of hydrogen-bond acceptors (Lipinski definition) is 5. The molecule has 9 heteroatoms. The van der Waals surface area contributed by atoms with Crippen molar-refractivity contribution < 1.29 is 17.9 Å². The predicted molar refractivity (Wildman–Crippen MR) is 139 cm³/mol. The quantitative estimate of drug-likeness (QED) is 0.413. The number of benzene rings is 3. The van der Waals surface area contributed by atoms with Crippen LogP contribution in [0.5, 0.6) is 5.75 Å². The third-order valence-electron chi connectivity index (χ3n) is 5.96. The molecule has 0 saturated carbocycles. The Morgan fingerprint density at radius 3 is 2.49 bits per heavy atom. The van der Waals surface area contributed by atoms with Crippen molar-refractivity contribution in [1.29, 1.82) is 0 Å². The number of para-hydroxylation sites is 1. The molecule has 0 bridgehead atoms. The topological polar surface area (TPSA) is 79.0 Å². The van der Waals surface area contributed by atoms with Crippen LogP contribution >= 0.6 is 11.6 Å². The highest BCUT2D eigenvalue weighted by Gasteiger charge is 2.27. The van der Waals surface area contributed by atoms with Gasteiger partial charge in [0.2, 0.25) is 5.91 Å². The van der Waals surface area contributed by atoms with Crippen LogP contribution in [0, 0.1) is 0 Å². The lowest BCUT2D eigenvalue weighted by atomic mass is 10.2. The second-order valence-corrected chi connectivity index (χ2v) is 10.5. The number of ether oxygens (including phenoxy) is 1. The zero-order chi connectivity index (χ0) is 24.8. The first-order valence-electron chi connectivity index (χ1n) is 11.4. The lowest BCUT2D eigenvalue weighted by molar-refractivity contribution is -0.119. The summed E-state index contributed by atoms with van der Waals surface area (Å²) in [7, 11) is -2.49. The fraction of sp³-hybridized carbons (Fsp3) is 0.269. The molecule has 0 spiro atoms. The average Bonchev–Trinajstić information content (AvgIpc) is 3.29. The Hall–Kier alpha value is -3.23. The highest BCUT2D eigenvalue weighted by Crippen LogP contribution is 2.28.